The molecule has 1 rings (SSSR count). The Bertz CT molecular complexity index is 668. The molecule has 162 valence electrons. The Morgan fingerprint density at radius 2 is 1.62 bits per heavy atom. The van der Waals surface area contributed by atoms with Crippen molar-refractivity contribution in [2.45, 2.75) is 33.3 Å². The van der Waals surface area contributed by atoms with E-state index in [1.165, 1.54) is 0 Å². The summed E-state index contributed by atoms with van der Waals surface area (Å²) in [5, 5.41) is 11.7. The molecular formula is C20H33N5O4. The van der Waals surface area contributed by atoms with E-state index in [2.05, 4.69) is 26.3 Å². The Hall–Kier alpha value is -2.97. The summed E-state index contributed by atoms with van der Waals surface area (Å²) in [6.45, 7) is 9.80. The molecule has 0 saturated heterocycles. The molecule has 4 N–H and O–H groups in total. The number of hydrogen-bond donors (Lipinski definition) is 4. The van der Waals surface area contributed by atoms with Crippen LogP contribution in [0.2, 0.25) is 0 Å². The summed E-state index contributed by atoms with van der Waals surface area (Å²) in [7, 11) is 1.58. The summed E-state index contributed by atoms with van der Waals surface area (Å²) in [6, 6.07) is 6.90. The van der Waals surface area contributed by atoms with Crippen LogP contribution in [0.25, 0.3) is 0 Å². The Balaban J connectivity index is 2.33. The highest BCUT2D eigenvalue weighted by Crippen LogP contribution is 2.10. The number of hydrogen-bond acceptors (Lipinski definition) is 5. The SMILES string of the molecule is CCNC(=NCCNC(=O)c1ccc(OC)cc1)NCCNC(=O)OC(C)(C)C. The maximum Gasteiger partial charge on any atom is 0.407 e. The molecule has 0 atom stereocenters. The van der Waals surface area contributed by atoms with Crippen LogP contribution in [0.4, 0.5) is 4.79 Å². The van der Waals surface area contributed by atoms with Crippen LogP contribution < -0.4 is 26.0 Å². The van der Waals surface area contributed by atoms with Crippen molar-refractivity contribution in [2.24, 2.45) is 4.99 Å². The molecule has 2 amide bonds. The fourth-order valence-corrected chi connectivity index (χ4v) is 2.18. The molecular weight excluding hydrogens is 374 g/mol. The summed E-state index contributed by atoms with van der Waals surface area (Å²) in [4.78, 5) is 28.1. The fourth-order valence-electron chi connectivity index (χ4n) is 2.18. The fraction of sp³-hybridized carbons (Fsp3) is 0.550. The highest BCUT2D eigenvalue weighted by Gasteiger charge is 2.15. The second kappa shape index (κ2) is 12.5. The summed E-state index contributed by atoms with van der Waals surface area (Å²) < 4.78 is 10.3. The number of nitrogens with zero attached hydrogens (tertiary/aromatic N) is 1. The Morgan fingerprint density at radius 3 is 2.21 bits per heavy atom. The van der Waals surface area contributed by atoms with Crippen molar-refractivity contribution in [1.29, 1.82) is 0 Å². The molecule has 0 aliphatic carbocycles. The van der Waals surface area contributed by atoms with Crippen molar-refractivity contribution in [2.75, 3.05) is 39.8 Å². The minimum Gasteiger partial charge on any atom is -0.497 e. The number of carbonyl (C=O) groups is 2. The minimum atomic E-state index is -0.524. The third-order valence-corrected chi connectivity index (χ3v) is 3.45. The van der Waals surface area contributed by atoms with Gasteiger partial charge in [-0.2, -0.15) is 0 Å². The molecule has 0 spiro atoms. The monoisotopic (exact) mass is 407 g/mol. The Kier molecular flexibility index (Phi) is 10.4. The first-order valence-corrected chi connectivity index (χ1v) is 9.66. The number of carbonyl (C=O) groups excluding carboxylic acids is 2. The number of aliphatic imine (C=N–C) groups is 1. The largest absolute Gasteiger partial charge is 0.497 e. The third kappa shape index (κ3) is 10.8. The van der Waals surface area contributed by atoms with Gasteiger partial charge in [0.1, 0.15) is 11.4 Å². The van der Waals surface area contributed by atoms with Crippen LogP contribution >= 0.6 is 0 Å². The summed E-state index contributed by atoms with van der Waals surface area (Å²) in [5.41, 5.74) is 0.0393. The number of nitrogens with one attached hydrogen (secondary N) is 4. The smallest absolute Gasteiger partial charge is 0.407 e. The summed E-state index contributed by atoms with van der Waals surface area (Å²) in [6.07, 6.45) is -0.456. The van der Waals surface area contributed by atoms with Gasteiger partial charge in [-0.3, -0.25) is 9.79 Å². The average molecular weight is 408 g/mol. The lowest BCUT2D eigenvalue weighted by Gasteiger charge is -2.19. The standard InChI is InChI=1S/C20H33N5O4/c1-6-21-18(24-13-14-25-19(27)29-20(2,3)4)23-12-11-22-17(26)15-7-9-16(28-5)10-8-15/h7-10H,6,11-14H2,1-5H3,(H,22,26)(H,25,27)(H2,21,23,24). The molecule has 0 aliphatic rings. The predicted molar refractivity (Wildman–Crippen MR) is 114 cm³/mol. The van der Waals surface area contributed by atoms with Gasteiger partial charge in [-0.25, -0.2) is 4.79 Å². The van der Waals surface area contributed by atoms with Crippen LogP contribution in [-0.2, 0) is 4.74 Å². The average Bonchev–Trinajstić information content (AvgIpc) is 2.66. The Labute approximate surface area is 172 Å². The van der Waals surface area contributed by atoms with Gasteiger partial charge < -0.3 is 30.7 Å². The van der Waals surface area contributed by atoms with E-state index in [1.807, 2.05) is 27.7 Å². The molecule has 0 aliphatic heterocycles. The maximum absolute atomic E-state index is 12.1. The van der Waals surface area contributed by atoms with Crippen molar-refractivity contribution >= 4 is 18.0 Å². The van der Waals surface area contributed by atoms with Gasteiger partial charge in [0, 0.05) is 31.7 Å². The normalized spacial score (nSPS) is 11.4. The quantitative estimate of drug-likeness (QED) is 0.280. The maximum atomic E-state index is 12.1. The van der Waals surface area contributed by atoms with Gasteiger partial charge in [0.15, 0.2) is 5.96 Å². The highest BCUT2D eigenvalue weighted by molar-refractivity contribution is 5.94. The van der Waals surface area contributed by atoms with Gasteiger partial charge in [-0.05, 0) is 52.0 Å². The molecule has 9 nitrogen and oxygen atoms in total. The van der Waals surface area contributed by atoms with Crippen molar-refractivity contribution in [3.63, 3.8) is 0 Å². The van der Waals surface area contributed by atoms with Crippen LogP contribution in [0.15, 0.2) is 29.3 Å². The first-order valence-electron chi connectivity index (χ1n) is 9.66. The van der Waals surface area contributed by atoms with Crippen molar-refractivity contribution in [3.8, 4) is 5.75 Å². The van der Waals surface area contributed by atoms with Gasteiger partial charge in [0.2, 0.25) is 0 Å². The van der Waals surface area contributed by atoms with Crippen molar-refractivity contribution in [1.82, 2.24) is 21.3 Å². The molecule has 0 unspecified atom stereocenters. The van der Waals surface area contributed by atoms with Gasteiger partial charge >= 0.3 is 6.09 Å². The molecule has 0 bridgehead atoms. The van der Waals surface area contributed by atoms with E-state index in [0.29, 0.717) is 50.0 Å². The number of methoxy groups -OCH3 is 1. The second-order valence-corrected chi connectivity index (χ2v) is 7.10. The lowest BCUT2D eigenvalue weighted by molar-refractivity contribution is 0.0528. The van der Waals surface area contributed by atoms with E-state index in [4.69, 9.17) is 9.47 Å². The van der Waals surface area contributed by atoms with Crippen LogP contribution in [0, 0.1) is 0 Å². The molecule has 0 radical (unpaired) electrons. The van der Waals surface area contributed by atoms with Gasteiger partial charge in [0.25, 0.3) is 5.91 Å². The Morgan fingerprint density at radius 1 is 0.966 bits per heavy atom. The van der Waals surface area contributed by atoms with E-state index in [-0.39, 0.29) is 5.91 Å². The number of guanidine groups is 1. The van der Waals surface area contributed by atoms with E-state index >= 15 is 0 Å². The highest BCUT2D eigenvalue weighted by atomic mass is 16.6. The molecule has 29 heavy (non-hydrogen) atoms. The number of alkyl carbamates (subject to hydrolysis) is 1. The zero-order valence-corrected chi connectivity index (χ0v) is 17.9. The molecule has 0 fully saturated rings. The van der Waals surface area contributed by atoms with Gasteiger partial charge in [-0.15, -0.1) is 0 Å². The van der Waals surface area contributed by atoms with E-state index < -0.39 is 11.7 Å². The first-order chi connectivity index (χ1) is 13.7. The van der Waals surface area contributed by atoms with Gasteiger partial charge in [0.05, 0.1) is 13.7 Å². The van der Waals surface area contributed by atoms with E-state index in [1.54, 1.807) is 31.4 Å². The van der Waals surface area contributed by atoms with Crippen LogP contribution in [-0.4, -0.2) is 63.4 Å². The van der Waals surface area contributed by atoms with Crippen LogP contribution in [0.3, 0.4) is 0 Å². The third-order valence-electron chi connectivity index (χ3n) is 3.45. The molecule has 0 heterocycles. The molecule has 0 aromatic heterocycles. The topological polar surface area (TPSA) is 113 Å². The number of rotatable bonds is 9. The zero-order chi connectivity index (χ0) is 21.7. The van der Waals surface area contributed by atoms with Crippen LogP contribution in [0.5, 0.6) is 5.75 Å². The van der Waals surface area contributed by atoms with Crippen molar-refractivity contribution < 1.29 is 19.1 Å². The summed E-state index contributed by atoms with van der Waals surface area (Å²) in [5.74, 6) is 1.15. The number of amides is 2. The minimum absolute atomic E-state index is 0.164. The molecule has 1 aromatic rings. The first kappa shape index (κ1) is 24.1. The zero-order valence-electron chi connectivity index (χ0n) is 17.9. The summed E-state index contributed by atoms with van der Waals surface area (Å²) >= 11 is 0. The van der Waals surface area contributed by atoms with Crippen LogP contribution in [0.1, 0.15) is 38.1 Å². The lowest BCUT2D eigenvalue weighted by atomic mass is 10.2. The predicted octanol–water partition coefficient (Wildman–Crippen LogP) is 1.50. The second-order valence-electron chi connectivity index (χ2n) is 7.10. The molecule has 1 aromatic carbocycles. The molecule has 0 saturated carbocycles. The molecule has 9 heteroatoms. The van der Waals surface area contributed by atoms with Gasteiger partial charge in [-0.1, -0.05) is 0 Å². The van der Waals surface area contributed by atoms with E-state index in [9.17, 15) is 9.59 Å². The number of benzene rings is 1. The number of ether oxygens (including phenoxy) is 2. The van der Waals surface area contributed by atoms with E-state index in [0.717, 1.165) is 0 Å². The van der Waals surface area contributed by atoms with Crippen molar-refractivity contribution in [3.05, 3.63) is 29.8 Å². The lowest BCUT2D eigenvalue weighted by Crippen LogP contribution is -2.42.